The number of nitrogens with one attached hydrogen (secondary N) is 1. The Bertz CT molecular complexity index is 446. The average molecular weight is 314 g/mol. The molecular formula is C13H16BrNO3. The van der Waals surface area contributed by atoms with Gasteiger partial charge in [0.1, 0.15) is 11.5 Å². The van der Waals surface area contributed by atoms with Gasteiger partial charge in [0.15, 0.2) is 0 Å². The van der Waals surface area contributed by atoms with Gasteiger partial charge < -0.3 is 14.8 Å². The fourth-order valence-electron chi connectivity index (χ4n) is 1.46. The topological polar surface area (TPSA) is 55.4 Å². The number of carbonyl (C=O) groups excluding carboxylic acids is 2. The number of ether oxygens (including phenoxy) is 1. The molecule has 98 valence electrons. The molecule has 0 fully saturated rings. The van der Waals surface area contributed by atoms with Gasteiger partial charge in [0.25, 0.3) is 0 Å². The molecule has 0 aliphatic heterocycles. The lowest BCUT2D eigenvalue weighted by atomic mass is 10.2. The monoisotopic (exact) mass is 313 g/mol. The van der Waals surface area contributed by atoms with Crippen LogP contribution in [0.4, 0.5) is 0 Å². The van der Waals surface area contributed by atoms with Crippen molar-refractivity contribution in [1.82, 2.24) is 5.32 Å². The summed E-state index contributed by atoms with van der Waals surface area (Å²) < 4.78 is 6.13. The van der Waals surface area contributed by atoms with Gasteiger partial charge in [-0.2, -0.15) is 0 Å². The lowest BCUT2D eigenvalue weighted by Gasteiger charge is -2.10. The highest BCUT2D eigenvalue weighted by molar-refractivity contribution is 9.10. The Hall–Kier alpha value is -1.36. The second-order valence-electron chi connectivity index (χ2n) is 3.93. The van der Waals surface area contributed by atoms with Crippen molar-refractivity contribution in [2.24, 2.45) is 0 Å². The normalized spacial score (nSPS) is 9.94. The van der Waals surface area contributed by atoms with E-state index in [-0.39, 0.29) is 24.5 Å². The molecule has 0 bridgehead atoms. The number of hydrogen-bond donors (Lipinski definition) is 1. The number of ketones is 1. The van der Waals surface area contributed by atoms with Crippen LogP contribution in [-0.4, -0.2) is 18.8 Å². The molecule has 0 aliphatic rings. The maximum atomic E-state index is 11.5. The van der Waals surface area contributed by atoms with Crippen LogP contribution in [0.1, 0.15) is 25.3 Å². The second-order valence-corrected chi connectivity index (χ2v) is 4.85. The zero-order chi connectivity index (χ0) is 13.5. The molecule has 1 aromatic carbocycles. The molecule has 18 heavy (non-hydrogen) atoms. The Morgan fingerprint density at radius 2 is 2.06 bits per heavy atom. The molecule has 1 N–H and O–H groups in total. The van der Waals surface area contributed by atoms with Crippen LogP contribution >= 0.6 is 15.9 Å². The first-order valence-electron chi connectivity index (χ1n) is 5.61. The Kier molecular flexibility index (Phi) is 5.85. The van der Waals surface area contributed by atoms with Gasteiger partial charge in [-0.05, 0) is 25.1 Å². The molecule has 5 heteroatoms. The van der Waals surface area contributed by atoms with Crippen molar-refractivity contribution in [3.05, 3.63) is 28.2 Å². The molecule has 0 radical (unpaired) electrons. The smallest absolute Gasteiger partial charge is 0.220 e. The van der Waals surface area contributed by atoms with E-state index >= 15 is 0 Å². The van der Waals surface area contributed by atoms with Crippen molar-refractivity contribution >= 4 is 27.6 Å². The molecular weight excluding hydrogens is 298 g/mol. The van der Waals surface area contributed by atoms with E-state index in [1.807, 2.05) is 18.2 Å². The van der Waals surface area contributed by atoms with Crippen LogP contribution in [0, 0.1) is 0 Å². The zero-order valence-electron chi connectivity index (χ0n) is 10.5. The second kappa shape index (κ2) is 7.16. The summed E-state index contributed by atoms with van der Waals surface area (Å²) in [6.07, 6.45) is 0.507. The molecule has 0 atom stereocenters. The number of methoxy groups -OCH3 is 1. The summed E-state index contributed by atoms with van der Waals surface area (Å²) in [7, 11) is 1.59. The Morgan fingerprint density at radius 3 is 2.67 bits per heavy atom. The van der Waals surface area contributed by atoms with Gasteiger partial charge in [-0.3, -0.25) is 4.79 Å². The van der Waals surface area contributed by atoms with E-state index in [1.165, 1.54) is 6.92 Å². The molecule has 1 aromatic rings. The van der Waals surface area contributed by atoms with Crippen molar-refractivity contribution < 1.29 is 14.3 Å². The van der Waals surface area contributed by atoms with Crippen molar-refractivity contribution in [3.8, 4) is 5.75 Å². The summed E-state index contributed by atoms with van der Waals surface area (Å²) in [4.78, 5) is 22.3. The van der Waals surface area contributed by atoms with E-state index in [0.29, 0.717) is 6.54 Å². The minimum absolute atomic E-state index is 0.0187. The maximum Gasteiger partial charge on any atom is 0.220 e. The molecule has 0 unspecified atom stereocenters. The van der Waals surface area contributed by atoms with Crippen LogP contribution in [0.15, 0.2) is 22.7 Å². The van der Waals surface area contributed by atoms with E-state index in [2.05, 4.69) is 21.2 Å². The minimum Gasteiger partial charge on any atom is -0.496 e. The van der Waals surface area contributed by atoms with Gasteiger partial charge in [-0.25, -0.2) is 0 Å². The summed E-state index contributed by atoms with van der Waals surface area (Å²) in [5.41, 5.74) is 0.892. The van der Waals surface area contributed by atoms with Crippen LogP contribution in [0.5, 0.6) is 5.75 Å². The highest BCUT2D eigenvalue weighted by atomic mass is 79.9. The van der Waals surface area contributed by atoms with Crippen LogP contribution in [0.25, 0.3) is 0 Å². The first-order valence-corrected chi connectivity index (χ1v) is 6.40. The van der Waals surface area contributed by atoms with Gasteiger partial charge in [-0.15, -0.1) is 0 Å². The maximum absolute atomic E-state index is 11.5. The van der Waals surface area contributed by atoms with Crippen molar-refractivity contribution in [2.75, 3.05) is 7.11 Å². The predicted octanol–water partition coefficient (Wildman–Crippen LogP) is 2.44. The van der Waals surface area contributed by atoms with Crippen LogP contribution < -0.4 is 10.1 Å². The Labute approximate surface area is 115 Å². The van der Waals surface area contributed by atoms with E-state index in [0.717, 1.165) is 15.8 Å². The van der Waals surface area contributed by atoms with E-state index in [1.54, 1.807) is 7.11 Å². The quantitative estimate of drug-likeness (QED) is 0.877. The number of carbonyl (C=O) groups is 2. The standard InChI is InChI=1S/C13H16BrNO3/c1-9(16)3-6-13(17)15-8-10-7-11(14)4-5-12(10)18-2/h4-5,7H,3,6,8H2,1-2H3,(H,15,17). The van der Waals surface area contributed by atoms with Gasteiger partial charge in [-0.1, -0.05) is 15.9 Å². The molecule has 0 spiro atoms. The minimum atomic E-state index is -0.132. The zero-order valence-corrected chi connectivity index (χ0v) is 12.0. The third kappa shape index (κ3) is 4.87. The van der Waals surface area contributed by atoms with Crippen molar-refractivity contribution in [1.29, 1.82) is 0 Å². The van der Waals surface area contributed by atoms with Gasteiger partial charge >= 0.3 is 0 Å². The van der Waals surface area contributed by atoms with Crippen LogP contribution in [-0.2, 0) is 16.1 Å². The van der Waals surface area contributed by atoms with Gasteiger partial charge in [0, 0.05) is 29.4 Å². The van der Waals surface area contributed by atoms with E-state index in [9.17, 15) is 9.59 Å². The number of benzene rings is 1. The molecule has 1 rings (SSSR count). The molecule has 0 aromatic heterocycles. The largest absolute Gasteiger partial charge is 0.496 e. The Morgan fingerprint density at radius 1 is 1.33 bits per heavy atom. The van der Waals surface area contributed by atoms with E-state index < -0.39 is 0 Å². The summed E-state index contributed by atoms with van der Waals surface area (Å²) in [6.45, 7) is 1.87. The predicted molar refractivity (Wildman–Crippen MR) is 72.5 cm³/mol. The number of Topliss-reactive ketones (excluding diaryl/α,β-unsaturated/α-hetero) is 1. The van der Waals surface area contributed by atoms with Crippen molar-refractivity contribution in [3.63, 3.8) is 0 Å². The lowest BCUT2D eigenvalue weighted by Crippen LogP contribution is -2.23. The van der Waals surface area contributed by atoms with Gasteiger partial charge in [0.05, 0.1) is 7.11 Å². The van der Waals surface area contributed by atoms with Gasteiger partial charge in [0.2, 0.25) is 5.91 Å². The highest BCUT2D eigenvalue weighted by Gasteiger charge is 2.07. The first-order chi connectivity index (χ1) is 8.52. The highest BCUT2D eigenvalue weighted by Crippen LogP contribution is 2.22. The number of rotatable bonds is 6. The SMILES string of the molecule is COc1ccc(Br)cc1CNC(=O)CCC(C)=O. The molecule has 0 heterocycles. The summed E-state index contributed by atoms with van der Waals surface area (Å²) >= 11 is 3.37. The van der Waals surface area contributed by atoms with Crippen LogP contribution in [0.3, 0.4) is 0 Å². The molecule has 0 aliphatic carbocycles. The third-order valence-corrected chi connectivity index (χ3v) is 2.92. The average Bonchev–Trinajstić information content (AvgIpc) is 2.34. The fourth-order valence-corrected chi connectivity index (χ4v) is 1.87. The number of hydrogen-bond acceptors (Lipinski definition) is 3. The molecule has 1 amide bonds. The first kappa shape index (κ1) is 14.7. The van der Waals surface area contributed by atoms with E-state index in [4.69, 9.17) is 4.74 Å². The summed E-state index contributed by atoms with van der Waals surface area (Å²) in [6, 6.07) is 5.60. The number of amides is 1. The summed E-state index contributed by atoms with van der Waals surface area (Å²) in [5, 5.41) is 2.76. The number of halogens is 1. The Balaban J connectivity index is 2.54. The van der Waals surface area contributed by atoms with Crippen molar-refractivity contribution in [2.45, 2.75) is 26.3 Å². The molecule has 0 saturated heterocycles. The summed E-state index contributed by atoms with van der Waals surface area (Å²) in [5.74, 6) is 0.613. The molecule has 0 saturated carbocycles. The van der Waals surface area contributed by atoms with Crippen LogP contribution in [0.2, 0.25) is 0 Å². The molecule has 4 nitrogen and oxygen atoms in total. The lowest BCUT2D eigenvalue weighted by molar-refractivity contribution is -0.124. The fraction of sp³-hybridized carbons (Fsp3) is 0.385. The third-order valence-electron chi connectivity index (χ3n) is 2.42.